The third-order valence-corrected chi connectivity index (χ3v) is 3.85. The van der Waals surface area contributed by atoms with Gasteiger partial charge in [-0.15, -0.1) is 0 Å². The maximum atomic E-state index is 13.6. The molecule has 0 unspecified atom stereocenters. The summed E-state index contributed by atoms with van der Waals surface area (Å²) in [5, 5.41) is 2.69. The molecular weight excluding hydrogens is 337 g/mol. The largest absolute Gasteiger partial charge is 0.467 e. The van der Waals surface area contributed by atoms with Gasteiger partial charge in [0.1, 0.15) is 23.9 Å². The smallest absolute Gasteiger partial charge is 0.254 e. The maximum absolute atomic E-state index is 13.6. The van der Waals surface area contributed by atoms with E-state index in [-0.39, 0.29) is 30.4 Å². The van der Waals surface area contributed by atoms with Crippen LogP contribution >= 0.6 is 0 Å². The van der Waals surface area contributed by atoms with Crippen LogP contribution in [0.25, 0.3) is 11.4 Å². The van der Waals surface area contributed by atoms with E-state index in [0.29, 0.717) is 23.4 Å². The summed E-state index contributed by atoms with van der Waals surface area (Å²) in [6.45, 7) is 1.87. The van der Waals surface area contributed by atoms with Crippen molar-refractivity contribution in [1.29, 1.82) is 0 Å². The lowest BCUT2D eigenvalue weighted by molar-refractivity contribution is -0.121. The molecule has 3 rings (SSSR count). The summed E-state index contributed by atoms with van der Waals surface area (Å²) in [7, 11) is 0. The molecule has 3 aromatic rings. The monoisotopic (exact) mass is 355 g/mol. The first-order valence-corrected chi connectivity index (χ1v) is 8.22. The fraction of sp³-hybridized carbons (Fsp3) is 0.211. The van der Waals surface area contributed by atoms with Crippen LogP contribution in [-0.4, -0.2) is 15.5 Å². The minimum absolute atomic E-state index is 0.219. The van der Waals surface area contributed by atoms with E-state index in [2.05, 4.69) is 10.3 Å². The normalized spacial score (nSPS) is 10.7. The molecule has 0 aliphatic carbocycles. The SMILES string of the molecule is CCc1cc(=O)n(CC(=O)NCc2ccco2)c(-c2cccc(F)c2)n1. The number of benzene rings is 1. The number of carbonyl (C=O) groups is 1. The van der Waals surface area contributed by atoms with Gasteiger partial charge in [0.15, 0.2) is 0 Å². The highest BCUT2D eigenvalue weighted by Crippen LogP contribution is 2.17. The molecule has 2 aromatic heterocycles. The van der Waals surface area contributed by atoms with Gasteiger partial charge in [-0.2, -0.15) is 0 Å². The van der Waals surface area contributed by atoms with Crippen LogP contribution < -0.4 is 10.9 Å². The first-order valence-electron chi connectivity index (χ1n) is 8.22. The van der Waals surface area contributed by atoms with E-state index in [1.165, 1.54) is 35.1 Å². The van der Waals surface area contributed by atoms with Crippen molar-refractivity contribution in [2.75, 3.05) is 0 Å². The zero-order valence-electron chi connectivity index (χ0n) is 14.2. The summed E-state index contributed by atoms with van der Waals surface area (Å²) in [4.78, 5) is 29.2. The predicted molar refractivity (Wildman–Crippen MR) is 93.8 cm³/mol. The Morgan fingerprint density at radius 1 is 1.27 bits per heavy atom. The van der Waals surface area contributed by atoms with Crippen LogP contribution in [0.4, 0.5) is 4.39 Å². The summed E-state index contributed by atoms with van der Waals surface area (Å²) >= 11 is 0. The van der Waals surface area contributed by atoms with E-state index in [1.54, 1.807) is 18.2 Å². The number of aromatic nitrogens is 2. The van der Waals surface area contributed by atoms with E-state index in [9.17, 15) is 14.0 Å². The molecule has 0 aliphatic heterocycles. The van der Waals surface area contributed by atoms with Crippen LogP contribution in [0.5, 0.6) is 0 Å². The van der Waals surface area contributed by atoms with Crippen molar-refractivity contribution < 1.29 is 13.6 Å². The second kappa shape index (κ2) is 7.77. The lowest BCUT2D eigenvalue weighted by Crippen LogP contribution is -2.33. The fourth-order valence-corrected chi connectivity index (χ4v) is 2.53. The molecule has 2 heterocycles. The van der Waals surface area contributed by atoms with E-state index in [0.717, 1.165) is 0 Å². The molecule has 0 saturated carbocycles. The number of rotatable bonds is 6. The lowest BCUT2D eigenvalue weighted by atomic mass is 10.2. The molecular formula is C19H18FN3O3. The zero-order chi connectivity index (χ0) is 18.5. The van der Waals surface area contributed by atoms with Gasteiger partial charge < -0.3 is 9.73 Å². The van der Waals surface area contributed by atoms with Crippen molar-refractivity contribution in [3.8, 4) is 11.4 Å². The van der Waals surface area contributed by atoms with E-state index in [4.69, 9.17) is 4.42 Å². The second-order valence-electron chi connectivity index (χ2n) is 5.72. The van der Waals surface area contributed by atoms with Gasteiger partial charge in [-0.05, 0) is 30.7 Å². The standard InChI is InChI=1S/C19H18FN3O3/c1-2-15-10-18(25)23(12-17(24)21-11-16-7-4-8-26-16)19(22-15)13-5-3-6-14(20)9-13/h3-10H,2,11-12H2,1H3,(H,21,24). The highest BCUT2D eigenvalue weighted by atomic mass is 19.1. The molecule has 26 heavy (non-hydrogen) atoms. The summed E-state index contributed by atoms with van der Waals surface area (Å²) in [6, 6.07) is 10.6. The minimum atomic E-state index is -0.438. The fourth-order valence-electron chi connectivity index (χ4n) is 2.53. The van der Waals surface area contributed by atoms with Gasteiger partial charge in [-0.1, -0.05) is 19.1 Å². The number of nitrogens with one attached hydrogen (secondary N) is 1. The van der Waals surface area contributed by atoms with E-state index in [1.807, 2.05) is 6.92 Å². The molecule has 0 bridgehead atoms. The lowest BCUT2D eigenvalue weighted by Gasteiger charge is -2.13. The zero-order valence-corrected chi connectivity index (χ0v) is 14.2. The van der Waals surface area contributed by atoms with E-state index >= 15 is 0 Å². The molecule has 0 saturated heterocycles. The molecule has 0 atom stereocenters. The summed E-state index contributed by atoms with van der Waals surface area (Å²) < 4.78 is 20.0. The average Bonchev–Trinajstić information content (AvgIpc) is 3.15. The Bertz CT molecular complexity index is 964. The van der Waals surface area contributed by atoms with Crippen LogP contribution in [0.3, 0.4) is 0 Å². The number of amides is 1. The van der Waals surface area contributed by atoms with Gasteiger partial charge >= 0.3 is 0 Å². The van der Waals surface area contributed by atoms with Crippen molar-refractivity contribution in [3.05, 3.63) is 76.4 Å². The van der Waals surface area contributed by atoms with Gasteiger partial charge in [0.05, 0.1) is 12.8 Å². The Labute approximate surface area is 149 Å². The van der Waals surface area contributed by atoms with Gasteiger partial charge in [0.25, 0.3) is 5.56 Å². The van der Waals surface area contributed by atoms with Crippen LogP contribution in [-0.2, 0) is 24.3 Å². The van der Waals surface area contributed by atoms with Crippen molar-refractivity contribution in [2.24, 2.45) is 0 Å². The minimum Gasteiger partial charge on any atom is -0.467 e. The number of nitrogens with zero attached hydrogens (tertiary/aromatic N) is 2. The van der Waals surface area contributed by atoms with Gasteiger partial charge in [-0.25, -0.2) is 9.37 Å². The number of hydrogen-bond donors (Lipinski definition) is 1. The summed E-state index contributed by atoms with van der Waals surface area (Å²) in [5.41, 5.74) is 0.669. The predicted octanol–water partition coefficient (Wildman–Crippen LogP) is 2.52. The topological polar surface area (TPSA) is 77.1 Å². The Balaban J connectivity index is 1.90. The van der Waals surface area contributed by atoms with E-state index < -0.39 is 5.82 Å². The molecule has 0 radical (unpaired) electrons. The number of aryl methyl sites for hydroxylation is 1. The van der Waals surface area contributed by atoms with Crippen molar-refractivity contribution in [1.82, 2.24) is 14.9 Å². The molecule has 1 aromatic carbocycles. The van der Waals surface area contributed by atoms with Crippen molar-refractivity contribution >= 4 is 5.91 Å². The first-order chi connectivity index (χ1) is 12.6. The first kappa shape index (κ1) is 17.6. The van der Waals surface area contributed by atoms with Crippen molar-refractivity contribution in [3.63, 3.8) is 0 Å². The molecule has 1 N–H and O–H groups in total. The van der Waals surface area contributed by atoms with Crippen LogP contribution in [0.15, 0.2) is 57.9 Å². The highest BCUT2D eigenvalue weighted by molar-refractivity contribution is 5.76. The third-order valence-electron chi connectivity index (χ3n) is 3.85. The molecule has 7 heteroatoms. The Kier molecular flexibility index (Phi) is 5.26. The molecule has 134 valence electrons. The molecule has 0 fully saturated rings. The van der Waals surface area contributed by atoms with Crippen LogP contribution in [0.2, 0.25) is 0 Å². The molecule has 6 nitrogen and oxygen atoms in total. The van der Waals surface area contributed by atoms with Gasteiger partial charge in [0.2, 0.25) is 5.91 Å². The van der Waals surface area contributed by atoms with Gasteiger partial charge in [-0.3, -0.25) is 14.2 Å². The Morgan fingerprint density at radius 3 is 2.81 bits per heavy atom. The molecule has 0 spiro atoms. The third kappa shape index (κ3) is 4.05. The number of halogens is 1. The van der Waals surface area contributed by atoms with Gasteiger partial charge in [0, 0.05) is 17.3 Å². The van der Waals surface area contributed by atoms with Crippen LogP contribution in [0.1, 0.15) is 18.4 Å². The summed E-state index contributed by atoms with van der Waals surface area (Å²) in [6.07, 6.45) is 2.07. The highest BCUT2D eigenvalue weighted by Gasteiger charge is 2.14. The van der Waals surface area contributed by atoms with Crippen LogP contribution in [0, 0.1) is 5.82 Å². The Morgan fingerprint density at radius 2 is 2.12 bits per heavy atom. The quantitative estimate of drug-likeness (QED) is 0.737. The maximum Gasteiger partial charge on any atom is 0.254 e. The number of hydrogen-bond acceptors (Lipinski definition) is 4. The Hall–Kier alpha value is -3.22. The summed E-state index contributed by atoms with van der Waals surface area (Å²) in [5.74, 6) is 0.0668. The molecule has 0 aliphatic rings. The second-order valence-corrected chi connectivity index (χ2v) is 5.72. The molecule has 1 amide bonds. The van der Waals surface area contributed by atoms with Crippen molar-refractivity contribution in [2.45, 2.75) is 26.4 Å². The number of carbonyl (C=O) groups excluding carboxylic acids is 1. The number of furan rings is 1. The average molecular weight is 355 g/mol.